The van der Waals surface area contributed by atoms with Gasteiger partial charge in [-0.25, -0.2) is 0 Å². The lowest BCUT2D eigenvalue weighted by molar-refractivity contribution is 0.810. The normalized spacial score (nSPS) is 13.8. The highest BCUT2D eigenvalue weighted by molar-refractivity contribution is 5.78. The van der Waals surface area contributed by atoms with Crippen molar-refractivity contribution < 1.29 is 0 Å². The molecular formula is C19H27N. The second-order valence-corrected chi connectivity index (χ2v) is 4.71. The van der Waals surface area contributed by atoms with Gasteiger partial charge in [0, 0.05) is 12.8 Å². The van der Waals surface area contributed by atoms with Crippen LogP contribution in [0.5, 0.6) is 0 Å². The van der Waals surface area contributed by atoms with Gasteiger partial charge in [-0.1, -0.05) is 74.6 Å². The summed E-state index contributed by atoms with van der Waals surface area (Å²) in [5.41, 5.74) is 3.27. The van der Waals surface area contributed by atoms with Crippen molar-refractivity contribution >= 4 is 6.21 Å². The van der Waals surface area contributed by atoms with Crippen LogP contribution >= 0.6 is 0 Å². The molecule has 0 saturated carbocycles. The van der Waals surface area contributed by atoms with Gasteiger partial charge in [0.1, 0.15) is 0 Å². The van der Waals surface area contributed by atoms with Crippen molar-refractivity contribution in [3.63, 3.8) is 0 Å². The van der Waals surface area contributed by atoms with Crippen molar-refractivity contribution in [1.82, 2.24) is 0 Å². The van der Waals surface area contributed by atoms with Gasteiger partial charge in [-0.05, 0) is 31.4 Å². The van der Waals surface area contributed by atoms with Crippen LogP contribution in [0.3, 0.4) is 0 Å². The van der Waals surface area contributed by atoms with Crippen molar-refractivity contribution in [2.24, 2.45) is 4.99 Å². The van der Waals surface area contributed by atoms with Crippen molar-refractivity contribution in [1.29, 1.82) is 0 Å². The van der Waals surface area contributed by atoms with Gasteiger partial charge in [0.2, 0.25) is 0 Å². The molecule has 0 aliphatic heterocycles. The van der Waals surface area contributed by atoms with Crippen molar-refractivity contribution in [2.75, 3.05) is 6.54 Å². The van der Waals surface area contributed by atoms with E-state index in [2.05, 4.69) is 51.1 Å². The summed E-state index contributed by atoms with van der Waals surface area (Å²) in [6.45, 7) is 14.7. The van der Waals surface area contributed by atoms with Crippen LogP contribution in [0.25, 0.3) is 0 Å². The zero-order chi connectivity index (χ0) is 15.2. The Labute approximate surface area is 124 Å². The minimum Gasteiger partial charge on any atom is -0.293 e. The molecule has 0 heterocycles. The molecule has 1 nitrogen and oxygen atoms in total. The van der Waals surface area contributed by atoms with Gasteiger partial charge in [0.15, 0.2) is 0 Å². The second kappa shape index (κ2) is 12.2. The number of nitrogens with zero attached hydrogens (tertiary/aromatic N) is 1. The number of hydrogen-bond donors (Lipinski definition) is 0. The molecule has 0 aliphatic rings. The quantitative estimate of drug-likeness (QED) is 0.293. The summed E-state index contributed by atoms with van der Waals surface area (Å²) in [7, 11) is 0. The summed E-state index contributed by atoms with van der Waals surface area (Å²) in [5.74, 6) is 0. The Balaban J connectivity index is 4.30. The van der Waals surface area contributed by atoms with Crippen molar-refractivity contribution in [2.45, 2.75) is 33.6 Å². The number of allylic oxidation sites excluding steroid dienone is 10. The van der Waals surface area contributed by atoms with Crippen LogP contribution in [0, 0.1) is 0 Å². The topological polar surface area (TPSA) is 12.4 Å². The summed E-state index contributed by atoms with van der Waals surface area (Å²) < 4.78 is 0. The van der Waals surface area contributed by atoms with Crippen LogP contribution < -0.4 is 0 Å². The molecule has 0 N–H and O–H groups in total. The molecule has 0 spiro atoms. The van der Waals surface area contributed by atoms with E-state index in [1.807, 2.05) is 30.5 Å². The average molecular weight is 269 g/mol. The molecular weight excluding hydrogens is 242 g/mol. The average Bonchev–Trinajstić information content (AvgIpc) is 2.43. The molecule has 0 fully saturated rings. The van der Waals surface area contributed by atoms with Gasteiger partial charge in [-0.15, -0.1) is 0 Å². The maximum Gasteiger partial charge on any atom is 0.0389 e. The van der Waals surface area contributed by atoms with Crippen LogP contribution in [0.2, 0.25) is 0 Å². The molecule has 0 saturated heterocycles. The predicted octanol–water partition coefficient (Wildman–Crippen LogP) is 5.60. The first-order valence-corrected chi connectivity index (χ1v) is 7.11. The van der Waals surface area contributed by atoms with E-state index in [0.717, 1.165) is 18.5 Å². The van der Waals surface area contributed by atoms with Crippen molar-refractivity contribution in [3.05, 3.63) is 72.4 Å². The smallest absolute Gasteiger partial charge is 0.0389 e. The van der Waals surface area contributed by atoms with E-state index in [4.69, 9.17) is 0 Å². The van der Waals surface area contributed by atoms with E-state index in [1.165, 1.54) is 17.6 Å². The lowest BCUT2D eigenvalue weighted by atomic mass is 10.2. The first-order valence-electron chi connectivity index (χ1n) is 7.11. The number of hydrogen-bond acceptors (Lipinski definition) is 1. The maximum absolute atomic E-state index is 4.37. The molecule has 0 atom stereocenters. The molecule has 0 rings (SSSR count). The molecule has 0 radical (unpaired) electrons. The van der Waals surface area contributed by atoms with Crippen molar-refractivity contribution in [3.8, 4) is 0 Å². The summed E-state index contributed by atoms with van der Waals surface area (Å²) in [6, 6.07) is 0. The zero-order valence-electron chi connectivity index (χ0n) is 13.1. The van der Waals surface area contributed by atoms with Gasteiger partial charge in [0.05, 0.1) is 0 Å². The molecule has 0 bridgehead atoms. The van der Waals surface area contributed by atoms with E-state index >= 15 is 0 Å². The standard InChI is InChI=1S/C19H27N/c1-6-8-15-20-16-19(5)14-10-13-18(4)12-9-11-17(3)7-2/h7,9-14,16H,2-3,6,8,15H2,1,4-5H3. The zero-order valence-corrected chi connectivity index (χ0v) is 13.1. The highest BCUT2D eigenvalue weighted by Gasteiger charge is 1.82. The van der Waals surface area contributed by atoms with Gasteiger partial charge in [0.25, 0.3) is 0 Å². The third-order valence-electron chi connectivity index (χ3n) is 2.59. The van der Waals surface area contributed by atoms with Gasteiger partial charge >= 0.3 is 0 Å². The Bertz CT molecular complexity index is 442. The van der Waals surface area contributed by atoms with Crippen LogP contribution in [-0.4, -0.2) is 12.8 Å². The Morgan fingerprint density at radius 3 is 2.35 bits per heavy atom. The summed E-state index contributed by atoms with van der Waals surface area (Å²) in [5, 5.41) is 0. The summed E-state index contributed by atoms with van der Waals surface area (Å²) in [6.07, 6.45) is 18.2. The lowest BCUT2D eigenvalue weighted by Crippen LogP contribution is -1.82. The minimum absolute atomic E-state index is 0.914. The van der Waals surface area contributed by atoms with Crippen LogP contribution in [0.15, 0.2) is 77.4 Å². The Morgan fingerprint density at radius 2 is 1.70 bits per heavy atom. The number of unbranched alkanes of at least 4 members (excludes halogenated alkanes) is 1. The molecule has 0 aromatic carbocycles. The number of rotatable bonds is 9. The monoisotopic (exact) mass is 269 g/mol. The Morgan fingerprint density at radius 1 is 1.05 bits per heavy atom. The third-order valence-corrected chi connectivity index (χ3v) is 2.59. The van der Waals surface area contributed by atoms with Crippen LogP contribution in [0.4, 0.5) is 0 Å². The minimum atomic E-state index is 0.914. The fourth-order valence-electron chi connectivity index (χ4n) is 1.30. The molecule has 0 aromatic rings. The lowest BCUT2D eigenvalue weighted by Gasteiger charge is -1.91. The fourth-order valence-corrected chi connectivity index (χ4v) is 1.30. The van der Waals surface area contributed by atoms with E-state index in [-0.39, 0.29) is 0 Å². The first-order chi connectivity index (χ1) is 9.60. The summed E-state index contributed by atoms with van der Waals surface area (Å²) in [4.78, 5) is 4.37. The first kappa shape index (κ1) is 18.1. The van der Waals surface area contributed by atoms with Gasteiger partial charge in [-0.2, -0.15) is 0 Å². The van der Waals surface area contributed by atoms with Crippen LogP contribution in [0.1, 0.15) is 33.6 Å². The van der Waals surface area contributed by atoms with E-state index in [0.29, 0.717) is 0 Å². The highest BCUT2D eigenvalue weighted by Crippen LogP contribution is 2.00. The number of aliphatic imine (C=N–C) groups is 1. The van der Waals surface area contributed by atoms with E-state index in [1.54, 1.807) is 6.08 Å². The van der Waals surface area contributed by atoms with Gasteiger partial charge in [-0.3, -0.25) is 4.99 Å². The maximum atomic E-state index is 4.37. The summed E-state index contributed by atoms with van der Waals surface area (Å²) >= 11 is 0. The SMILES string of the molecule is C=CC(=C)C=CC=C(C)C=CC=C(C)C=NCCCC. The predicted molar refractivity (Wildman–Crippen MR) is 93.4 cm³/mol. The third kappa shape index (κ3) is 11.2. The second-order valence-electron chi connectivity index (χ2n) is 4.71. The molecule has 0 amide bonds. The molecule has 20 heavy (non-hydrogen) atoms. The van der Waals surface area contributed by atoms with Crippen LogP contribution in [-0.2, 0) is 0 Å². The fraction of sp³-hybridized carbons (Fsp3) is 0.316. The van der Waals surface area contributed by atoms with Gasteiger partial charge < -0.3 is 0 Å². The highest BCUT2D eigenvalue weighted by atomic mass is 14.7. The Kier molecular flexibility index (Phi) is 11.0. The Hall–Kier alpha value is -1.89. The van der Waals surface area contributed by atoms with E-state index < -0.39 is 0 Å². The molecule has 0 aromatic heterocycles. The molecule has 0 aliphatic carbocycles. The molecule has 0 unspecified atom stereocenters. The van der Waals surface area contributed by atoms with E-state index in [9.17, 15) is 0 Å². The molecule has 108 valence electrons. The molecule has 1 heteroatoms. The largest absolute Gasteiger partial charge is 0.293 e.